The highest BCUT2D eigenvalue weighted by atomic mass is 35.5. The number of amides is 1. The minimum Gasteiger partial charge on any atom is -0.298 e. The van der Waals surface area contributed by atoms with Crippen molar-refractivity contribution in [2.45, 2.75) is 0 Å². The maximum atomic E-state index is 12.3. The van der Waals surface area contributed by atoms with Gasteiger partial charge >= 0.3 is 0 Å². The van der Waals surface area contributed by atoms with E-state index >= 15 is 0 Å². The molecule has 0 atom stereocenters. The Labute approximate surface area is 137 Å². The van der Waals surface area contributed by atoms with E-state index in [-0.39, 0.29) is 5.91 Å². The zero-order valence-electron chi connectivity index (χ0n) is 10.9. The lowest BCUT2D eigenvalue weighted by Gasteiger charge is -2.00. The number of carbonyl (C=O) groups is 1. The highest BCUT2D eigenvalue weighted by Gasteiger charge is 2.11. The maximum absolute atomic E-state index is 12.3. The Morgan fingerprint density at radius 1 is 1.05 bits per heavy atom. The number of aromatic nitrogens is 3. The number of rotatable bonds is 2. The van der Waals surface area contributed by atoms with Crippen molar-refractivity contribution in [3.05, 3.63) is 47.0 Å². The molecule has 1 amide bonds. The molecule has 0 spiro atoms. The maximum Gasteiger partial charge on any atom is 0.257 e. The fraction of sp³-hybridized carbons (Fsp3) is 0. The van der Waals surface area contributed by atoms with Crippen LogP contribution in [0.1, 0.15) is 10.4 Å². The normalized spacial score (nSPS) is 11.1. The lowest BCUT2D eigenvalue weighted by Crippen LogP contribution is -2.11. The molecular weight excluding hydrogens is 340 g/mol. The van der Waals surface area contributed by atoms with Gasteiger partial charge in [0.05, 0.1) is 21.9 Å². The van der Waals surface area contributed by atoms with Crippen LogP contribution < -0.4 is 5.32 Å². The van der Waals surface area contributed by atoms with Crippen molar-refractivity contribution in [3.8, 4) is 0 Å². The predicted octanol–water partition coefficient (Wildman–Crippen LogP) is 4.21. The first-order valence-corrected chi connectivity index (χ1v) is 8.21. The van der Waals surface area contributed by atoms with Gasteiger partial charge in [-0.15, -0.1) is 0 Å². The largest absolute Gasteiger partial charge is 0.298 e. The number of hydrogen-bond acceptors (Lipinski definition) is 6. The molecule has 8 heteroatoms. The van der Waals surface area contributed by atoms with Gasteiger partial charge in [-0.3, -0.25) is 10.1 Å². The van der Waals surface area contributed by atoms with Gasteiger partial charge in [0.25, 0.3) is 5.91 Å². The van der Waals surface area contributed by atoms with Crippen molar-refractivity contribution >= 4 is 67.0 Å². The fourth-order valence-electron chi connectivity index (χ4n) is 2.04. The molecule has 0 saturated carbocycles. The molecule has 4 aromatic rings. The van der Waals surface area contributed by atoms with Crippen molar-refractivity contribution < 1.29 is 4.79 Å². The Morgan fingerprint density at radius 2 is 1.86 bits per heavy atom. The number of thiazole rings is 1. The Kier molecular flexibility index (Phi) is 3.25. The van der Waals surface area contributed by atoms with Gasteiger partial charge in [-0.25, -0.2) is 4.98 Å². The van der Waals surface area contributed by atoms with Crippen LogP contribution >= 0.6 is 34.7 Å². The molecule has 22 heavy (non-hydrogen) atoms. The Morgan fingerprint density at radius 3 is 2.77 bits per heavy atom. The summed E-state index contributed by atoms with van der Waals surface area (Å²) in [7, 11) is 0. The first-order chi connectivity index (χ1) is 10.7. The van der Waals surface area contributed by atoms with Gasteiger partial charge in [0, 0.05) is 10.6 Å². The van der Waals surface area contributed by atoms with Crippen LogP contribution in [0.15, 0.2) is 36.4 Å². The van der Waals surface area contributed by atoms with Gasteiger partial charge in [0.2, 0.25) is 0 Å². The van der Waals surface area contributed by atoms with Gasteiger partial charge in [0.1, 0.15) is 11.0 Å². The molecule has 0 unspecified atom stereocenters. The zero-order valence-corrected chi connectivity index (χ0v) is 13.3. The summed E-state index contributed by atoms with van der Waals surface area (Å²) in [4.78, 5) is 16.7. The first-order valence-electron chi connectivity index (χ1n) is 6.29. The Hall–Kier alpha value is -2.09. The predicted molar refractivity (Wildman–Crippen MR) is 90.0 cm³/mol. The highest BCUT2D eigenvalue weighted by molar-refractivity contribution is 7.22. The third kappa shape index (κ3) is 2.43. The van der Waals surface area contributed by atoms with Crippen LogP contribution in [0.4, 0.5) is 5.13 Å². The molecule has 0 bridgehead atoms. The molecule has 2 aromatic heterocycles. The van der Waals surface area contributed by atoms with Crippen molar-refractivity contribution in [2.75, 3.05) is 5.32 Å². The van der Waals surface area contributed by atoms with Crippen LogP contribution in [-0.2, 0) is 0 Å². The van der Waals surface area contributed by atoms with E-state index in [1.165, 1.54) is 11.3 Å². The van der Waals surface area contributed by atoms with Crippen molar-refractivity contribution in [2.24, 2.45) is 0 Å². The van der Waals surface area contributed by atoms with Crippen LogP contribution in [0.3, 0.4) is 0 Å². The summed E-state index contributed by atoms with van der Waals surface area (Å²) in [5, 5.41) is 3.99. The monoisotopic (exact) mass is 346 g/mol. The second-order valence-electron chi connectivity index (χ2n) is 4.55. The molecule has 0 aliphatic heterocycles. The molecule has 0 aliphatic carbocycles. The number of anilines is 1. The summed E-state index contributed by atoms with van der Waals surface area (Å²) in [5.41, 5.74) is 2.84. The van der Waals surface area contributed by atoms with E-state index < -0.39 is 0 Å². The first kappa shape index (κ1) is 13.6. The van der Waals surface area contributed by atoms with Gasteiger partial charge in [-0.2, -0.15) is 8.75 Å². The van der Waals surface area contributed by atoms with Gasteiger partial charge in [-0.05, 0) is 36.4 Å². The van der Waals surface area contributed by atoms with Crippen LogP contribution in [0.5, 0.6) is 0 Å². The molecular formula is C14H7ClN4OS2. The summed E-state index contributed by atoms with van der Waals surface area (Å²) in [5.74, 6) is -0.222. The lowest BCUT2D eigenvalue weighted by atomic mass is 10.2. The minimum atomic E-state index is -0.222. The van der Waals surface area contributed by atoms with E-state index in [1.54, 1.807) is 24.3 Å². The molecule has 108 valence electrons. The molecule has 0 radical (unpaired) electrons. The van der Waals surface area contributed by atoms with Gasteiger partial charge < -0.3 is 0 Å². The van der Waals surface area contributed by atoms with Crippen LogP contribution in [0.25, 0.3) is 21.3 Å². The molecule has 4 rings (SSSR count). The number of nitrogens with one attached hydrogen (secondary N) is 1. The summed E-state index contributed by atoms with van der Waals surface area (Å²) in [6.07, 6.45) is 0. The van der Waals surface area contributed by atoms with Gasteiger partial charge in [-0.1, -0.05) is 22.9 Å². The van der Waals surface area contributed by atoms with Crippen LogP contribution in [-0.4, -0.2) is 19.6 Å². The molecule has 0 aliphatic rings. The molecule has 5 nitrogen and oxygen atoms in total. The number of halogens is 1. The SMILES string of the molecule is O=C(Nc1nc2ccc(Cl)cc2s1)c1ccc2nsnc2c1. The number of benzene rings is 2. The van der Waals surface area contributed by atoms with Gasteiger partial charge in [0.15, 0.2) is 5.13 Å². The summed E-state index contributed by atoms with van der Waals surface area (Å²) in [6.45, 7) is 0. The molecule has 2 heterocycles. The van der Waals surface area contributed by atoms with E-state index in [2.05, 4.69) is 19.0 Å². The number of hydrogen-bond donors (Lipinski definition) is 1. The van der Waals surface area contributed by atoms with E-state index in [4.69, 9.17) is 11.6 Å². The van der Waals surface area contributed by atoms with E-state index in [1.807, 2.05) is 12.1 Å². The quantitative estimate of drug-likeness (QED) is 0.590. The Balaban J connectivity index is 1.64. The third-order valence-electron chi connectivity index (χ3n) is 3.09. The van der Waals surface area contributed by atoms with E-state index in [9.17, 15) is 4.79 Å². The van der Waals surface area contributed by atoms with E-state index in [0.717, 1.165) is 27.5 Å². The minimum absolute atomic E-state index is 0.222. The number of carbonyl (C=O) groups excluding carboxylic acids is 1. The summed E-state index contributed by atoms with van der Waals surface area (Å²) < 4.78 is 9.18. The molecule has 2 aromatic carbocycles. The Bertz CT molecular complexity index is 1010. The number of fused-ring (bicyclic) bond motifs is 2. The smallest absolute Gasteiger partial charge is 0.257 e. The standard InChI is InChI=1S/C14H7ClN4OS2/c15-8-2-4-10-12(6-8)21-14(16-10)17-13(20)7-1-3-9-11(5-7)19-22-18-9/h1-6H,(H,16,17,20). The van der Waals surface area contributed by atoms with Crippen molar-refractivity contribution in [1.82, 2.24) is 13.7 Å². The fourth-order valence-corrected chi connectivity index (χ4v) is 3.70. The van der Waals surface area contributed by atoms with Crippen molar-refractivity contribution in [1.29, 1.82) is 0 Å². The van der Waals surface area contributed by atoms with Crippen LogP contribution in [0.2, 0.25) is 5.02 Å². The lowest BCUT2D eigenvalue weighted by molar-refractivity contribution is 0.102. The average molecular weight is 347 g/mol. The number of nitrogens with zero attached hydrogens (tertiary/aromatic N) is 3. The molecule has 0 fully saturated rings. The molecule has 1 N–H and O–H groups in total. The topological polar surface area (TPSA) is 67.8 Å². The summed E-state index contributed by atoms with van der Waals surface area (Å²) in [6, 6.07) is 10.7. The third-order valence-corrected chi connectivity index (χ3v) is 4.81. The zero-order chi connectivity index (χ0) is 15.1. The van der Waals surface area contributed by atoms with Crippen molar-refractivity contribution in [3.63, 3.8) is 0 Å². The second-order valence-corrected chi connectivity index (χ2v) is 6.55. The van der Waals surface area contributed by atoms with E-state index in [0.29, 0.717) is 21.2 Å². The second kappa shape index (κ2) is 5.28. The van der Waals surface area contributed by atoms with Crippen LogP contribution in [0, 0.1) is 0 Å². The summed E-state index contributed by atoms with van der Waals surface area (Å²) >= 11 is 8.47. The molecule has 0 saturated heterocycles. The average Bonchev–Trinajstić information content (AvgIpc) is 3.11. The highest BCUT2D eigenvalue weighted by Crippen LogP contribution is 2.28.